The first kappa shape index (κ1) is 14.9. The van der Waals surface area contributed by atoms with Gasteiger partial charge in [-0.2, -0.15) is 13.2 Å². The minimum absolute atomic E-state index is 0.200. The van der Waals surface area contributed by atoms with Gasteiger partial charge >= 0.3 is 12.1 Å². The van der Waals surface area contributed by atoms with Gasteiger partial charge in [-0.05, 0) is 18.6 Å². The molecule has 1 rings (SSSR count). The number of hydrogen-bond donors (Lipinski definition) is 2. The summed E-state index contributed by atoms with van der Waals surface area (Å²) in [5.74, 6) is -2.13. The van der Waals surface area contributed by atoms with Crippen molar-refractivity contribution in [1.29, 1.82) is 0 Å². The molecule has 0 saturated carbocycles. The summed E-state index contributed by atoms with van der Waals surface area (Å²) in [6.45, 7) is -0.200. The van der Waals surface area contributed by atoms with E-state index in [4.69, 9.17) is 5.11 Å². The second-order valence-electron chi connectivity index (χ2n) is 3.68. The highest BCUT2D eigenvalue weighted by Crippen LogP contribution is 2.20. The van der Waals surface area contributed by atoms with Crippen molar-refractivity contribution in [3.8, 4) is 0 Å². The van der Waals surface area contributed by atoms with E-state index in [0.717, 1.165) is 0 Å². The zero-order chi connectivity index (χ0) is 14.5. The van der Waals surface area contributed by atoms with E-state index < -0.39 is 24.5 Å². The molecule has 0 aliphatic rings. The van der Waals surface area contributed by atoms with Crippen LogP contribution in [0.1, 0.15) is 33.7 Å². The van der Waals surface area contributed by atoms with Crippen molar-refractivity contribution in [2.24, 2.45) is 0 Å². The van der Waals surface area contributed by atoms with Crippen molar-refractivity contribution in [2.75, 3.05) is 6.54 Å². The Kier molecular flexibility index (Phi) is 4.85. The maximum absolute atomic E-state index is 11.9. The molecule has 2 N–H and O–H groups in total. The zero-order valence-electron chi connectivity index (χ0n) is 9.70. The molecule has 0 aliphatic heterocycles. The van der Waals surface area contributed by atoms with Crippen LogP contribution in [0.25, 0.3) is 0 Å². The number of aromatic nitrogens is 1. The number of aromatic carboxylic acids is 1. The van der Waals surface area contributed by atoms with Crippen LogP contribution in [0.3, 0.4) is 0 Å². The summed E-state index contributed by atoms with van der Waals surface area (Å²) in [4.78, 5) is 26.0. The fourth-order valence-electron chi connectivity index (χ4n) is 1.33. The lowest BCUT2D eigenvalue weighted by Gasteiger charge is -2.08. The summed E-state index contributed by atoms with van der Waals surface area (Å²) in [6.07, 6.45) is -4.33. The van der Waals surface area contributed by atoms with Gasteiger partial charge in [-0.15, -0.1) is 0 Å². The molecule has 1 aromatic heterocycles. The minimum Gasteiger partial charge on any atom is -0.478 e. The number of carbonyl (C=O) groups is 2. The van der Waals surface area contributed by atoms with E-state index in [0.29, 0.717) is 0 Å². The minimum atomic E-state index is -4.28. The average molecular weight is 276 g/mol. The molecule has 0 radical (unpaired) electrons. The van der Waals surface area contributed by atoms with Crippen LogP contribution < -0.4 is 5.32 Å². The summed E-state index contributed by atoms with van der Waals surface area (Å²) in [5, 5.41) is 11.0. The maximum atomic E-state index is 11.9. The lowest BCUT2D eigenvalue weighted by Crippen LogP contribution is -2.28. The second-order valence-corrected chi connectivity index (χ2v) is 3.68. The first-order chi connectivity index (χ1) is 8.81. The van der Waals surface area contributed by atoms with Gasteiger partial charge in [-0.25, -0.2) is 4.79 Å². The third kappa shape index (κ3) is 4.94. The van der Waals surface area contributed by atoms with Crippen molar-refractivity contribution >= 4 is 11.9 Å². The highest BCUT2D eigenvalue weighted by molar-refractivity contribution is 6.03. The fraction of sp³-hybridized carbons (Fsp3) is 0.364. The molecule has 19 heavy (non-hydrogen) atoms. The van der Waals surface area contributed by atoms with E-state index in [-0.39, 0.29) is 24.2 Å². The smallest absolute Gasteiger partial charge is 0.389 e. The van der Waals surface area contributed by atoms with Crippen molar-refractivity contribution < 1.29 is 27.9 Å². The summed E-state index contributed by atoms with van der Waals surface area (Å²) in [7, 11) is 0. The molecule has 1 aromatic rings. The number of nitrogens with one attached hydrogen (secondary N) is 1. The first-order valence-corrected chi connectivity index (χ1v) is 5.34. The maximum Gasteiger partial charge on any atom is 0.389 e. The van der Waals surface area contributed by atoms with E-state index in [2.05, 4.69) is 10.3 Å². The summed E-state index contributed by atoms with van der Waals surface area (Å²) < 4.78 is 35.6. The van der Waals surface area contributed by atoms with Crippen LogP contribution in [0.15, 0.2) is 18.3 Å². The van der Waals surface area contributed by atoms with Gasteiger partial charge in [0.25, 0.3) is 5.91 Å². The normalized spacial score (nSPS) is 11.1. The Morgan fingerprint density at radius 2 is 2.05 bits per heavy atom. The van der Waals surface area contributed by atoms with Gasteiger partial charge in [0.2, 0.25) is 0 Å². The lowest BCUT2D eigenvalue weighted by atomic mass is 10.2. The van der Waals surface area contributed by atoms with E-state index >= 15 is 0 Å². The zero-order valence-corrected chi connectivity index (χ0v) is 9.70. The van der Waals surface area contributed by atoms with Crippen molar-refractivity contribution in [3.63, 3.8) is 0 Å². The van der Waals surface area contributed by atoms with Gasteiger partial charge in [0.1, 0.15) is 5.69 Å². The van der Waals surface area contributed by atoms with Crippen molar-refractivity contribution in [1.82, 2.24) is 10.3 Å². The third-order valence-electron chi connectivity index (χ3n) is 2.18. The third-order valence-corrected chi connectivity index (χ3v) is 2.18. The van der Waals surface area contributed by atoms with Crippen LogP contribution in [0.2, 0.25) is 0 Å². The summed E-state index contributed by atoms with van der Waals surface area (Å²) in [5.41, 5.74) is -0.613. The van der Waals surface area contributed by atoms with Crippen LogP contribution in [0.5, 0.6) is 0 Å². The topological polar surface area (TPSA) is 79.3 Å². The molecule has 0 spiro atoms. The predicted octanol–water partition coefficient (Wildman–Crippen LogP) is 1.85. The molecular formula is C11H11F3N2O3. The predicted molar refractivity (Wildman–Crippen MR) is 58.8 cm³/mol. The molecular weight excluding hydrogens is 265 g/mol. The molecule has 104 valence electrons. The molecule has 0 aromatic carbocycles. The van der Waals surface area contributed by atoms with Crippen LogP contribution in [0.4, 0.5) is 13.2 Å². The molecule has 0 unspecified atom stereocenters. The number of hydrogen-bond acceptors (Lipinski definition) is 3. The van der Waals surface area contributed by atoms with Crippen LogP contribution in [0, 0.1) is 0 Å². The number of nitrogens with zero attached hydrogens (tertiary/aromatic N) is 1. The van der Waals surface area contributed by atoms with Gasteiger partial charge in [-0.1, -0.05) is 0 Å². The first-order valence-electron chi connectivity index (χ1n) is 5.34. The standard InChI is InChI=1S/C11H11F3N2O3/c12-11(13,14)4-2-6-16-9(17)8-7(10(18)19)3-1-5-15-8/h1,3,5H,2,4,6H2,(H,16,17)(H,18,19). The van der Waals surface area contributed by atoms with E-state index in [9.17, 15) is 22.8 Å². The molecule has 0 fully saturated rings. The molecule has 5 nitrogen and oxygen atoms in total. The Bertz CT molecular complexity index is 474. The number of rotatable bonds is 5. The van der Waals surface area contributed by atoms with Crippen LogP contribution in [-0.2, 0) is 0 Å². The highest BCUT2D eigenvalue weighted by atomic mass is 19.4. The fourth-order valence-corrected chi connectivity index (χ4v) is 1.33. The largest absolute Gasteiger partial charge is 0.478 e. The Morgan fingerprint density at radius 3 is 2.63 bits per heavy atom. The van der Waals surface area contributed by atoms with Gasteiger partial charge < -0.3 is 10.4 Å². The summed E-state index contributed by atoms with van der Waals surface area (Å²) >= 11 is 0. The van der Waals surface area contributed by atoms with E-state index in [1.165, 1.54) is 18.3 Å². The van der Waals surface area contributed by atoms with Gasteiger partial charge in [0, 0.05) is 19.2 Å². The van der Waals surface area contributed by atoms with Crippen molar-refractivity contribution in [3.05, 3.63) is 29.6 Å². The SMILES string of the molecule is O=C(O)c1cccnc1C(=O)NCCCC(F)(F)F. The molecule has 0 atom stereocenters. The Labute approximate surface area is 106 Å². The number of carboxylic acids is 1. The lowest BCUT2D eigenvalue weighted by molar-refractivity contribution is -0.135. The summed E-state index contributed by atoms with van der Waals surface area (Å²) in [6, 6.07) is 2.55. The number of pyridine rings is 1. The molecule has 8 heteroatoms. The number of amides is 1. The average Bonchev–Trinajstić information content (AvgIpc) is 2.33. The number of alkyl halides is 3. The Hall–Kier alpha value is -2.12. The van der Waals surface area contributed by atoms with Gasteiger partial charge in [0.15, 0.2) is 0 Å². The van der Waals surface area contributed by atoms with E-state index in [1.54, 1.807) is 0 Å². The van der Waals surface area contributed by atoms with E-state index in [1.807, 2.05) is 0 Å². The molecule has 0 aliphatic carbocycles. The van der Waals surface area contributed by atoms with Crippen LogP contribution >= 0.6 is 0 Å². The Morgan fingerprint density at radius 1 is 1.37 bits per heavy atom. The second kappa shape index (κ2) is 6.17. The van der Waals surface area contributed by atoms with Gasteiger partial charge in [0.05, 0.1) is 5.56 Å². The highest BCUT2D eigenvalue weighted by Gasteiger charge is 2.26. The number of carboxylic acid groups (broad SMARTS) is 1. The molecule has 1 heterocycles. The van der Waals surface area contributed by atoms with Gasteiger partial charge in [-0.3, -0.25) is 9.78 Å². The monoisotopic (exact) mass is 276 g/mol. The Balaban J connectivity index is 2.57. The molecule has 1 amide bonds. The quantitative estimate of drug-likeness (QED) is 0.804. The number of carbonyl (C=O) groups excluding carboxylic acids is 1. The number of halogens is 3. The molecule has 0 saturated heterocycles. The molecule has 0 bridgehead atoms. The van der Waals surface area contributed by atoms with Crippen LogP contribution in [-0.4, -0.2) is 34.7 Å². The van der Waals surface area contributed by atoms with Crippen molar-refractivity contribution in [2.45, 2.75) is 19.0 Å².